The highest BCUT2D eigenvalue weighted by molar-refractivity contribution is 6.59. The van der Waals surface area contributed by atoms with Gasteiger partial charge in [0.25, 0.3) is 0 Å². The fraction of sp³-hybridized carbons (Fsp3) is 0.571. The van der Waals surface area contributed by atoms with Gasteiger partial charge in [0.15, 0.2) is 0 Å². The Balaban J connectivity index is 2.03. The van der Waals surface area contributed by atoms with Gasteiger partial charge in [0, 0.05) is 6.54 Å². The van der Waals surface area contributed by atoms with Crippen molar-refractivity contribution in [1.29, 1.82) is 0 Å². The highest BCUT2D eigenvalue weighted by Gasteiger charge is 2.21. The van der Waals surface area contributed by atoms with Crippen molar-refractivity contribution in [2.24, 2.45) is 5.92 Å². The smallest absolute Gasteiger partial charge is 0.423 e. The van der Waals surface area contributed by atoms with Crippen molar-refractivity contribution in [2.75, 3.05) is 13.1 Å². The van der Waals surface area contributed by atoms with Gasteiger partial charge in [-0.05, 0) is 55.0 Å². The van der Waals surface area contributed by atoms with Crippen molar-refractivity contribution < 1.29 is 14.4 Å². The molecule has 5 heteroatoms. The highest BCUT2D eigenvalue weighted by atomic mass is 19.1. The fourth-order valence-electron chi connectivity index (χ4n) is 2.74. The first-order valence-electron chi connectivity index (χ1n) is 6.97. The summed E-state index contributed by atoms with van der Waals surface area (Å²) in [6, 6.07) is 4.23. The number of hydrogen-bond donors (Lipinski definition) is 2. The Bertz CT molecular complexity index is 420. The molecule has 1 fully saturated rings. The number of hydrogen-bond acceptors (Lipinski definition) is 3. The summed E-state index contributed by atoms with van der Waals surface area (Å²) < 4.78 is 13.1. The molecule has 0 aromatic heterocycles. The lowest BCUT2D eigenvalue weighted by atomic mass is 9.76. The topological polar surface area (TPSA) is 43.7 Å². The lowest BCUT2D eigenvalue weighted by Crippen LogP contribution is -2.38. The molecule has 0 aliphatic carbocycles. The van der Waals surface area contributed by atoms with Crippen molar-refractivity contribution in [3.63, 3.8) is 0 Å². The maximum Gasteiger partial charge on any atom is 0.488 e. The maximum absolute atomic E-state index is 13.1. The van der Waals surface area contributed by atoms with E-state index in [0.29, 0.717) is 6.54 Å². The molecule has 3 nitrogen and oxygen atoms in total. The SMILES string of the molecule is CCC1CCN(Cc2ccc(F)cc2B(O)O)CC1. The van der Waals surface area contributed by atoms with Crippen molar-refractivity contribution in [3.8, 4) is 0 Å². The van der Waals surface area contributed by atoms with Crippen LogP contribution >= 0.6 is 0 Å². The van der Waals surface area contributed by atoms with E-state index in [4.69, 9.17) is 0 Å². The predicted molar refractivity (Wildman–Crippen MR) is 74.5 cm³/mol. The second-order valence-corrected chi connectivity index (χ2v) is 5.34. The molecule has 2 N–H and O–H groups in total. The first-order valence-corrected chi connectivity index (χ1v) is 6.97. The molecular weight excluding hydrogens is 244 g/mol. The van der Waals surface area contributed by atoms with Gasteiger partial charge >= 0.3 is 7.12 Å². The van der Waals surface area contributed by atoms with Crippen molar-refractivity contribution >= 4 is 12.6 Å². The van der Waals surface area contributed by atoms with E-state index in [1.54, 1.807) is 6.07 Å². The zero-order chi connectivity index (χ0) is 13.8. The van der Waals surface area contributed by atoms with Gasteiger partial charge in [0.2, 0.25) is 0 Å². The van der Waals surface area contributed by atoms with Gasteiger partial charge < -0.3 is 10.0 Å². The minimum atomic E-state index is -1.61. The molecular formula is C14H21BFNO2. The van der Waals surface area contributed by atoms with Crippen LogP contribution in [-0.4, -0.2) is 35.2 Å². The molecule has 1 aromatic carbocycles. The van der Waals surface area contributed by atoms with Crippen molar-refractivity contribution in [2.45, 2.75) is 32.7 Å². The number of benzene rings is 1. The zero-order valence-corrected chi connectivity index (χ0v) is 11.3. The summed E-state index contributed by atoms with van der Waals surface area (Å²) in [5.74, 6) is 0.379. The van der Waals surface area contributed by atoms with E-state index in [2.05, 4.69) is 11.8 Å². The molecule has 0 saturated carbocycles. The summed E-state index contributed by atoms with van der Waals surface area (Å²) in [6.45, 7) is 4.93. The molecule has 0 spiro atoms. The Morgan fingerprint density at radius 3 is 2.58 bits per heavy atom. The minimum Gasteiger partial charge on any atom is -0.423 e. The molecule has 1 aliphatic heterocycles. The van der Waals surface area contributed by atoms with E-state index in [-0.39, 0.29) is 5.46 Å². The van der Waals surface area contributed by atoms with Gasteiger partial charge in [-0.3, -0.25) is 4.90 Å². The van der Waals surface area contributed by atoms with Crippen LogP contribution in [0.4, 0.5) is 4.39 Å². The number of nitrogens with zero attached hydrogens (tertiary/aromatic N) is 1. The number of rotatable bonds is 4. The van der Waals surface area contributed by atoms with Gasteiger partial charge in [-0.1, -0.05) is 19.4 Å². The summed E-state index contributed by atoms with van der Waals surface area (Å²) in [6.07, 6.45) is 3.61. The molecule has 0 atom stereocenters. The molecule has 0 radical (unpaired) electrons. The average Bonchev–Trinajstić information content (AvgIpc) is 2.41. The second-order valence-electron chi connectivity index (χ2n) is 5.34. The molecule has 1 saturated heterocycles. The van der Waals surface area contributed by atoms with Crippen LogP contribution in [-0.2, 0) is 6.54 Å². The van der Waals surface area contributed by atoms with E-state index in [1.165, 1.54) is 31.4 Å². The quantitative estimate of drug-likeness (QED) is 0.802. The largest absolute Gasteiger partial charge is 0.488 e. The van der Waals surface area contributed by atoms with Crippen molar-refractivity contribution in [3.05, 3.63) is 29.6 Å². The average molecular weight is 265 g/mol. The lowest BCUT2D eigenvalue weighted by Gasteiger charge is -2.32. The zero-order valence-electron chi connectivity index (χ0n) is 11.3. The van der Waals surface area contributed by atoms with Crippen LogP contribution < -0.4 is 5.46 Å². The van der Waals surface area contributed by atoms with Crippen LogP contribution in [0.25, 0.3) is 0 Å². The van der Waals surface area contributed by atoms with E-state index >= 15 is 0 Å². The van der Waals surface area contributed by atoms with E-state index in [1.807, 2.05) is 0 Å². The molecule has 1 aliphatic rings. The third kappa shape index (κ3) is 3.78. The fourth-order valence-corrected chi connectivity index (χ4v) is 2.74. The lowest BCUT2D eigenvalue weighted by molar-refractivity contribution is 0.175. The first-order chi connectivity index (χ1) is 9.10. The van der Waals surface area contributed by atoms with E-state index < -0.39 is 12.9 Å². The monoisotopic (exact) mass is 265 g/mol. The van der Waals surface area contributed by atoms with Crippen LogP contribution in [0.15, 0.2) is 18.2 Å². The van der Waals surface area contributed by atoms with Crippen LogP contribution in [0.5, 0.6) is 0 Å². The Labute approximate surface area is 114 Å². The number of halogens is 1. The molecule has 0 unspecified atom stereocenters. The van der Waals surface area contributed by atoms with Crippen LogP contribution in [0.1, 0.15) is 31.7 Å². The summed E-state index contributed by atoms with van der Waals surface area (Å²) in [5, 5.41) is 18.6. The molecule has 1 heterocycles. The first kappa shape index (κ1) is 14.5. The molecule has 0 bridgehead atoms. The number of likely N-dealkylation sites (tertiary alicyclic amines) is 1. The van der Waals surface area contributed by atoms with Gasteiger partial charge in [0.1, 0.15) is 5.82 Å². The van der Waals surface area contributed by atoms with Crippen molar-refractivity contribution in [1.82, 2.24) is 4.90 Å². The summed E-state index contributed by atoms with van der Waals surface area (Å²) in [5.41, 5.74) is 1.07. The van der Waals surface area contributed by atoms with E-state index in [0.717, 1.165) is 24.6 Å². The van der Waals surface area contributed by atoms with Gasteiger partial charge in [-0.25, -0.2) is 4.39 Å². The molecule has 0 amide bonds. The van der Waals surface area contributed by atoms with Crippen LogP contribution in [0.3, 0.4) is 0 Å². The molecule has 2 rings (SSSR count). The van der Waals surface area contributed by atoms with Gasteiger partial charge in [-0.2, -0.15) is 0 Å². The summed E-state index contributed by atoms with van der Waals surface area (Å²) >= 11 is 0. The highest BCUT2D eigenvalue weighted by Crippen LogP contribution is 2.21. The maximum atomic E-state index is 13.1. The molecule has 1 aromatic rings. The normalized spacial score (nSPS) is 17.7. The van der Waals surface area contributed by atoms with E-state index in [9.17, 15) is 14.4 Å². The third-order valence-corrected chi connectivity index (χ3v) is 4.06. The second kappa shape index (κ2) is 6.50. The van der Waals surface area contributed by atoms with Crippen LogP contribution in [0.2, 0.25) is 0 Å². The summed E-state index contributed by atoms with van der Waals surface area (Å²) in [7, 11) is -1.61. The molecule has 104 valence electrons. The minimum absolute atomic E-state index is 0.276. The standard InChI is InChI=1S/C14H21BFNO2/c1-2-11-5-7-17(8-6-11)10-12-3-4-13(16)9-14(12)15(18)19/h3-4,9,11,18-19H,2,5-8,10H2,1H3. The number of piperidine rings is 1. The van der Waals surface area contributed by atoms with Gasteiger partial charge in [0.05, 0.1) is 0 Å². The Kier molecular flexibility index (Phi) is 4.96. The summed E-state index contributed by atoms with van der Waals surface area (Å²) in [4.78, 5) is 2.30. The Morgan fingerprint density at radius 2 is 2.00 bits per heavy atom. The Hall–Kier alpha value is -0.905. The van der Waals surface area contributed by atoms with Gasteiger partial charge in [-0.15, -0.1) is 0 Å². The van der Waals surface area contributed by atoms with Crippen LogP contribution in [0, 0.1) is 11.7 Å². The molecule has 19 heavy (non-hydrogen) atoms. The Morgan fingerprint density at radius 1 is 1.32 bits per heavy atom. The predicted octanol–water partition coefficient (Wildman–Crippen LogP) is 1.13. The third-order valence-electron chi connectivity index (χ3n) is 4.06.